The number of carbonyl (C=O) groups is 1. The van der Waals surface area contributed by atoms with Gasteiger partial charge in [-0.3, -0.25) is 9.69 Å². The van der Waals surface area contributed by atoms with E-state index in [1.165, 1.54) is 34.0 Å². The standard InChI is InChI=1S/C36H39FN4O2/c1-25(26-7-3-2-4-8-26)38-22-31(42)23-40-24-41(30-15-13-29(37)14-16-30)36(35(40)43)17-19-39(20-18-36)33-21-28-11-5-9-27-10-6-12-32(33)34(27)28/h2-16,25,31,33,38,42H,17-24H2,1H3. The van der Waals surface area contributed by atoms with Crippen LogP contribution in [0.25, 0.3) is 10.8 Å². The first kappa shape index (κ1) is 28.0. The fourth-order valence-electron chi connectivity index (χ4n) is 7.59. The Kier molecular flexibility index (Phi) is 7.41. The Balaban J connectivity index is 1.08. The Labute approximate surface area is 252 Å². The molecule has 2 aliphatic heterocycles. The van der Waals surface area contributed by atoms with Gasteiger partial charge in [0.15, 0.2) is 0 Å². The quantitative estimate of drug-likeness (QED) is 0.292. The summed E-state index contributed by atoms with van der Waals surface area (Å²) in [7, 11) is 0. The van der Waals surface area contributed by atoms with Crippen LogP contribution >= 0.6 is 0 Å². The molecule has 1 aliphatic carbocycles. The van der Waals surface area contributed by atoms with Crippen LogP contribution in [0.15, 0.2) is 91.0 Å². The van der Waals surface area contributed by atoms with E-state index in [-0.39, 0.29) is 24.3 Å². The van der Waals surface area contributed by atoms with E-state index in [1.54, 1.807) is 17.0 Å². The number of benzene rings is 4. The minimum Gasteiger partial charge on any atom is -0.390 e. The second kappa shape index (κ2) is 11.4. The second-order valence-corrected chi connectivity index (χ2v) is 12.4. The van der Waals surface area contributed by atoms with Gasteiger partial charge in [0.05, 0.1) is 12.8 Å². The van der Waals surface area contributed by atoms with Crippen molar-refractivity contribution in [3.8, 4) is 0 Å². The molecular formula is C36H39FN4O2. The molecule has 6 nitrogen and oxygen atoms in total. The Morgan fingerprint density at radius 1 is 0.953 bits per heavy atom. The molecule has 7 rings (SSSR count). The lowest BCUT2D eigenvalue weighted by atomic mass is 9.84. The molecule has 3 aliphatic rings. The van der Waals surface area contributed by atoms with E-state index >= 15 is 0 Å². The van der Waals surface area contributed by atoms with E-state index in [4.69, 9.17) is 0 Å². The van der Waals surface area contributed by atoms with Crippen molar-refractivity contribution in [1.82, 2.24) is 15.1 Å². The molecule has 3 atom stereocenters. The van der Waals surface area contributed by atoms with Crippen molar-refractivity contribution in [2.24, 2.45) is 0 Å². The van der Waals surface area contributed by atoms with Gasteiger partial charge in [0.2, 0.25) is 5.91 Å². The third-order valence-electron chi connectivity index (χ3n) is 9.90. The van der Waals surface area contributed by atoms with Gasteiger partial charge in [0.1, 0.15) is 11.4 Å². The fourth-order valence-corrected chi connectivity index (χ4v) is 7.59. The number of aliphatic hydroxyl groups is 1. The highest BCUT2D eigenvalue weighted by molar-refractivity contribution is 5.94. The zero-order valence-electron chi connectivity index (χ0n) is 24.6. The number of amides is 1. The molecule has 3 unspecified atom stereocenters. The number of halogens is 1. The van der Waals surface area contributed by atoms with Crippen molar-refractivity contribution in [3.05, 3.63) is 114 Å². The highest BCUT2D eigenvalue weighted by Crippen LogP contribution is 2.45. The van der Waals surface area contributed by atoms with Crippen LogP contribution in [0.1, 0.15) is 48.5 Å². The van der Waals surface area contributed by atoms with Gasteiger partial charge in [-0.2, -0.15) is 0 Å². The predicted molar refractivity (Wildman–Crippen MR) is 168 cm³/mol. The van der Waals surface area contributed by atoms with Gasteiger partial charge in [-0.05, 0) is 77.9 Å². The molecule has 0 saturated carbocycles. The maximum absolute atomic E-state index is 14.2. The van der Waals surface area contributed by atoms with Crippen molar-refractivity contribution in [2.45, 2.75) is 49.9 Å². The molecule has 0 bridgehead atoms. The van der Waals surface area contributed by atoms with Gasteiger partial charge in [0, 0.05) is 44.0 Å². The van der Waals surface area contributed by atoms with Crippen LogP contribution in [-0.4, -0.2) is 65.3 Å². The Morgan fingerprint density at radius 2 is 1.67 bits per heavy atom. The molecule has 43 heavy (non-hydrogen) atoms. The first-order chi connectivity index (χ1) is 20.9. The minimum atomic E-state index is -0.712. The number of nitrogens with one attached hydrogen (secondary N) is 1. The van der Waals surface area contributed by atoms with Gasteiger partial charge in [0.25, 0.3) is 0 Å². The molecule has 0 aromatic heterocycles. The number of rotatable bonds is 8. The largest absolute Gasteiger partial charge is 0.390 e. The first-order valence-electron chi connectivity index (χ1n) is 15.5. The zero-order chi connectivity index (χ0) is 29.6. The van der Waals surface area contributed by atoms with Crippen LogP contribution in [0.3, 0.4) is 0 Å². The number of anilines is 1. The molecule has 4 aromatic carbocycles. The molecule has 2 fully saturated rings. The summed E-state index contributed by atoms with van der Waals surface area (Å²) < 4.78 is 13.9. The third kappa shape index (κ3) is 5.09. The number of hydrogen-bond acceptors (Lipinski definition) is 5. The van der Waals surface area contributed by atoms with Gasteiger partial charge in [-0.1, -0.05) is 66.7 Å². The summed E-state index contributed by atoms with van der Waals surface area (Å²) in [5.41, 5.74) is 4.07. The van der Waals surface area contributed by atoms with Crippen LogP contribution in [0.4, 0.5) is 10.1 Å². The van der Waals surface area contributed by atoms with Gasteiger partial charge < -0.3 is 20.2 Å². The summed E-state index contributed by atoms with van der Waals surface area (Å²) >= 11 is 0. The summed E-state index contributed by atoms with van der Waals surface area (Å²) in [5, 5.41) is 17.1. The van der Waals surface area contributed by atoms with Gasteiger partial charge >= 0.3 is 0 Å². The highest BCUT2D eigenvalue weighted by Gasteiger charge is 2.54. The monoisotopic (exact) mass is 578 g/mol. The highest BCUT2D eigenvalue weighted by atomic mass is 19.1. The number of likely N-dealkylation sites (tertiary alicyclic amines) is 1. The van der Waals surface area contributed by atoms with E-state index < -0.39 is 11.6 Å². The Morgan fingerprint density at radius 3 is 2.42 bits per heavy atom. The van der Waals surface area contributed by atoms with Crippen molar-refractivity contribution >= 4 is 22.4 Å². The number of hydrogen-bond donors (Lipinski definition) is 2. The lowest BCUT2D eigenvalue weighted by Gasteiger charge is -2.45. The second-order valence-electron chi connectivity index (χ2n) is 12.4. The van der Waals surface area contributed by atoms with E-state index in [0.717, 1.165) is 30.8 Å². The number of nitrogens with zero attached hydrogens (tertiary/aromatic N) is 3. The van der Waals surface area contributed by atoms with Crippen LogP contribution in [0.5, 0.6) is 0 Å². The molecule has 2 N–H and O–H groups in total. The van der Waals surface area contributed by atoms with E-state index in [9.17, 15) is 14.3 Å². The van der Waals surface area contributed by atoms with Crippen LogP contribution in [0, 0.1) is 5.82 Å². The molecule has 0 radical (unpaired) electrons. The molecule has 4 aromatic rings. The normalized spacial score (nSPS) is 21.2. The van der Waals surface area contributed by atoms with Crippen LogP contribution in [0.2, 0.25) is 0 Å². The summed E-state index contributed by atoms with van der Waals surface area (Å²) in [6.45, 7) is 4.67. The summed E-state index contributed by atoms with van der Waals surface area (Å²) in [6.07, 6.45) is 1.65. The van der Waals surface area contributed by atoms with E-state index in [0.29, 0.717) is 32.1 Å². The first-order valence-corrected chi connectivity index (χ1v) is 15.5. The molecule has 1 amide bonds. The zero-order valence-corrected chi connectivity index (χ0v) is 24.6. The van der Waals surface area contributed by atoms with E-state index in [1.807, 2.05) is 18.2 Å². The molecular weight excluding hydrogens is 539 g/mol. The minimum absolute atomic E-state index is 0.0587. The molecule has 7 heteroatoms. The van der Waals surface area contributed by atoms with Crippen molar-refractivity contribution in [2.75, 3.05) is 37.7 Å². The fraction of sp³-hybridized carbons (Fsp3) is 0.361. The number of piperidine rings is 1. The van der Waals surface area contributed by atoms with Gasteiger partial charge in [-0.25, -0.2) is 4.39 Å². The summed E-state index contributed by atoms with van der Waals surface area (Å²) in [6, 6.07) is 30.2. The maximum Gasteiger partial charge on any atom is 0.250 e. The smallest absolute Gasteiger partial charge is 0.250 e. The SMILES string of the molecule is CC(NCC(O)CN1CN(c2ccc(F)cc2)C2(CCN(C3Cc4cccc5cccc3c45)CC2)C1=O)c1ccccc1. The third-order valence-corrected chi connectivity index (χ3v) is 9.90. The van der Waals surface area contributed by atoms with Crippen molar-refractivity contribution in [1.29, 1.82) is 0 Å². The average Bonchev–Trinajstić information content (AvgIpc) is 3.54. The Bertz CT molecular complexity index is 1600. The molecule has 222 valence electrons. The van der Waals surface area contributed by atoms with Crippen LogP contribution in [-0.2, 0) is 11.2 Å². The van der Waals surface area contributed by atoms with Crippen LogP contribution < -0.4 is 10.2 Å². The van der Waals surface area contributed by atoms with Crippen molar-refractivity contribution in [3.63, 3.8) is 0 Å². The lowest BCUT2D eigenvalue weighted by molar-refractivity contribution is -0.135. The average molecular weight is 579 g/mol. The molecule has 1 spiro atoms. The van der Waals surface area contributed by atoms with Crippen molar-refractivity contribution < 1.29 is 14.3 Å². The van der Waals surface area contributed by atoms with Gasteiger partial charge in [-0.15, -0.1) is 0 Å². The predicted octanol–water partition coefficient (Wildman–Crippen LogP) is 5.43. The number of β-amino-alcohol motifs (C(OH)–C–C–N with tert-alkyl or cyclic N) is 1. The summed E-state index contributed by atoms with van der Waals surface area (Å²) in [5.74, 6) is -0.234. The number of aliphatic hydroxyl groups excluding tert-OH is 1. The lowest BCUT2D eigenvalue weighted by Crippen LogP contribution is -2.57. The molecule has 2 saturated heterocycles. The Hall–Kier alpha value is -3.78. The number of carbonyl (C=O) groups excluding carboxylic acids is 1. The molecule has 2 heterocycles. The summed E-state index contributed by atoms with van der Waals surface area (Å²) in [4.78, 5) is 20.7. The topological polar surface area (TPSA) is 59.1 Å². The van der Waals surface area contributed by atoms with E-state index in [2.05, 4.69) is 70.6 Å². The maximum atomic E-state index is 14.2.